The Labute approximate surface area is 259 Å². The van der Waals surface area contributed by atoms with E-state index in [1.807, 2.05) is 24.3 Å². The number of aliphatic hydroxyl groups is 2. The molecule has 4 N–H and O–H groups in total. The zero-order valence-corrected chi connectivity index (χ0v) is 25.8. The van der Waals surface area contributed by atoms with Crippen LogP contribution >= 0.6 is 0 Å². The Morgan fingerprint density at radius 1 is 1.00 bits per heavy atom. The lowest BCUT2D eigenvalue weighted by Gasteiger charge is -2.52. The van der Waals surface area contributed by atoms with E-state index in [1.165, 1.54) is 0 Å². The first kappa shape index (κ1) is 31.9. The van der Waals surface area contributed by atoms with E-state index in [-0.39, 0.29) is 30.2 Å². The van der Waals surface area contributed by atoms with Crippen molar-refractivity contribution in [3.05, 3.63) is 59.7 Å². The van der Waals surface area contributed by atoms with Crippen molar-refractivity contribution in [2.24, 2.45) is 5.92 Å². The lowest BCUT2D eigenvalue weighted by atomic mass is 9.78. The van der Waals surface area contributed by atoms with Crippen LogP contribution in [0.15, 0.2) is 48.5 Å². The first-order chi connectivity index (χ1) is 21.2. The number of likely N-dealkylation sites (tertiary alicyclic amines) is 1. The number of rotatable bonds is 10. The Morgan fingerprint density at radius 2 is 1.61 bits per heavy atom. The fraction of sp³-hybridized carbons (Fsp3) is 0.559. The largest absolute Gasteiger partial charge is 0.457 e. The monoisotopic (exact) mass is 606 g/mol. The molecule has 3 fully saturated rings. The third kappa shape index (κ3) is 7.08. The van der Waals surface area contributed by atoms with Crippen LogP contribution in [0.3, 0.4) is 0 Å². The van der Waals surface area contributed by atoms with Gasteiger partial charge in [0.2, 0.25) is 11.8 Å². The van der Waals surface area contributed by atoms with Gasteiger partial charge in [-0.1, -0.05) is 31.4 Å². The second kappa shape index (κ2) is 14.1. The fourth-order valence-electron chi connectivity index (χ4n) is 6.91. The molecule has 10 heteroatoms. The van der Waals surface area contributed by atoms with Crippen LogP contribution in [-0.2, 0) is 16.1 Å². The highest BCUT2D eigenvalue weighted by Gasteiger charge is 2.55. The average molecular weight is 607 g/mol. The number of carbonyl (C=O) groups is 3. The van der Waals surface area contributed by atoms with Crippen molar-refractivity contribution < 1.29 is 29.3 Å². The highest BCUT2D eigenvalue weighted by atomic mass is 16.5. The quantitative estimate of drug-likeness (QED) is 0.327. The zero-order valence-electron chi connectivity index (χ0n) is 25.8. The topological polar surface area (TPSA) is 131 Å². The third-order valence-corrected chi connectivity index (χ3v) is 9.59. The van der Waals surface area contributed by atoms with Crippen molar-refractivity contribution in [2.75, 3.05) is 26.7 Å². The van der Waals surface area contributed by atoms with Gasteiger partial charge in [-0.3, -0.25) is 19.3 Å². The highest BCUT2D eigenvalue weighted by molar-refractivity contribution is 6.00. The van der Waals surface area contributed by atoms with Gasteiger partial charge in [-0.25, -0.2) is 0 Å². The first-order valence-electron chi connectivity index (χ1n) is 16.0. The summed E-state index contributed by atoms with van der Waals surface area (Å²) < 4.78 is 5.94. The molecule has 0 unspecified atom stereocenters. The predicted molar refractivity (Wildman–Crippen MR) is 166 cm³/mol. The highest BCUT2D eigenvalue weighted by Crippen LogP contribution is 2.36. The number of nitrogens with zero attached hydrogens (tertiary/aromatic N) is 2. The molecule has 2 heterocycles. The van der Waals surface area contributed by atoms with Crippen LogP contribution in [0.1, 0.15) is 74.2 Å². The summed E-state index contributed by atoms with van der Waals surface area (Å²) in [5.41, 5.74) is 0.696. The van der Waals surface area contributed by atoms with Gasteiger partial charge in [0.15, 0.2) is 0 Å². The number of carbonyl (C=O) groups excluding carboxylic acids is 3. The van der Waals surface area contributed by atoms with Crippen LogP contribution < -0.4 is 15.4 Å². The maximum atomic E-state index is 13.9. The van der Waals surface area contributed by atoms with Crippen LogP contribution in [-0.4, -0.2) is 88.2 Å². The van der Waals surface area contributed by atoms with E-state index in [0.717, 1.165) is 37.7 Å². The first-order valence-corrected chi connectivity index (χ1v) is 16.0. The second-order valence-corrected chi connectivity index (χ2v) is 12.6. The molecular weight excluding hydrogens is 560 g/mol. The van der Waals surface area contributed by atoms with Gasteiger partial charge >= 0.3 is 0 Å². The van der Waals surface area contributed by atoms with E-state index in [0.29, 0.717) is 56.0 Å². The maximum Gasteiger partial charge on any atom is 0.251 e. The van der Waals surface area contributed by atoms with Crippen molar-refractivity contribution in [3.8, 4) is 11.5 Å². The summed E-state index contributed by atoms with van der Waals surface area (Å²) in [5, 5.41) is 26.8. The lowest BCUT2D eigenvalue weighted by molar-refractivity contribution is -0.166. The number of hydrogen-bond donors (Lipinski definition) is 4. The van der Waals surface area contributed by atoms with Gasteiger partial charge in [0, 0.05) is 38.8 Å². The third-order valence-electron chi connectivity index (χ3n) is 9.59. The van der Waals surface area contributed by atoms with E-state index in [1.54, 1.807) is 43.1 Å². The molecule has 3 aliphatic rings. The molecule has 3 atom stereocenters. The van der Waals surface area contributed by atoms with Crippen LogP contribution in [0, 0.1) is 5.92 Å². The number of benzene rings is 2. The fourth-order valence-corrected chi connectivity index (χ4v) is 6.91. The number of nitrogens with one attached hydrogen (secondary N) is 2. The molecule has 0 bridgehead atoms. The molecule has 1 aliphatic carbocycles. The molecule has 0 radical (unpaired) electrons. The summed E-state index contributed by atoms with van der Waals surface area (Å²) >= 11 is 0. The van der Waals surface area contributed by atoms with Crippen molar-refractivity contribution >= 4 is 17.7 Å². The minimum absolute atomic E-state index is 0.0128. The number of piperazine rings is 1. The van der Waals surface area contributed by atoms with E-state index in [4.69, 9.17) is 4.74 Å². The molecule has 1 saturated carbocycles. The van der Waals surface area contributed by atoms with E-state index < -0.39 is 23.8 Å². The van der Waals surface area contributed by atoms with Crippen molar-refractivity contribution in [1.82, 2.24) is 20.4 Å². The van der Waals surface area contributed by atoms with Crippen molar-refractivity contribution in [3.63, 3.8) is 0 Å². The van der Waals surface area contributed by atoms with Gasteiger partial charge < -0.3 is 30.5 Å². The standard InChI is InChI=1S/C34H46N4O6/c1-23(39)16-19-38-32(42)29(30(40)25-6-4-3-5-7-25)36-33(43)34(38)17-20-37(21-18-34)22-24-8-12-27(13-9-24)44-28-14-10-26(11-15-28)31(41)35-2/h8-15,23,25,29-30,39-40H,3-7,16-22H2,1-2H3,(H,35,41)(H,36,43)/t23-,29-,30-/m1/s1. The SMILES string of the molecule is CNC(=O)c1ccc(Oc2ccc(CN3CCC4(CC3)C(=O)N[C@H]([C@H](O)C3CCCCC3)C(=O)N4CC[C@@H](C)O)cc2)cc1. The Balaban J connectivity index is 1.20. The minimum Gasteiger partial charge on any atom is -0.457 e. The summed E-state index contributed by atoms with van der Waals surface area (Å²) in [5.74, 6) is 0.780. The number of amides is 3. The number of hydrogen-bond acceptors (Lipinski definition) is 7. The molecule has 2 aromatic carbocycles. The second-order valence-electron chi connectivity index (χ2n) is 12.6. The molecule has 238 valence electrons. The molecule has 2 saturated heterocycles. The Hall–Kier alpha value is -3.47. The number of piperidine rings is 1. The average Bonchev–Trinajstić information content (AvgIpc) is 3.04. The smallest absolute Gasteiger partial charge is 0.251 e. The molecule has 3 amide bonds. The predicted octanol–water partition coefficient (Wildman–Crippen LogP) is 3.21. The molecular formula is C34H46N4O6. The zero-order chi connectivity index (χ0) is 31.3. The minimum atomic E-state index is -0.976. The molecule has 1 spiro atoms. The Morgan fingerprint density at radius 3 is 2.20 bits per heavy atom. The van der Waals surface area contributed by atoms with E-state index in [2.05, 4.69) is 15.5 Å². The Bertz CT molecular complexity index is 1280. The molecule has 0 aromatic heterocycles. The van der Waals surface area contributed by atoms with Gasteiger partial charge in [-0.05, 0) is 86.9 Å². The van der Waals surface area contributed by atoms with Gasteiger partial charge in [0.1, 0.15) is 23.1 Å². The normalized spacial score (nSPS) is 22.4. The van der Waals surface area contributed by atoms with E-state index >= 15 is 0 Å². The molecule has 10 nitrogen and oxygen atoms in total. The molecule has 5 rings (SSSR count). The Kier molecular flexibility index (Phi) is 10.2. The van der Waals surface area contributed by atoms with Crippen LogP contribution in [0.25, 0.3) is 0 Å². The summed E-state index contributed by atoms with van der Waals surface area (Å²) in [6.45, 7) is 3.95. The van der Waals surface area contributed by atoms with Crippen LogP contribution in [0.5, 0.6) is 11.5 Å². The van der Waals surface area contributed by atoms with E-state index in [9.17, 15) is 24.6 Å². The molecule has 2 aromatic rings. The number of ether oxygens (including phenoxy) is 1. The van der Waals surface area contributed by atoms with Gasteiger partial charge in [-0.15, -0.1) is 0 Å². The number of aliphatic hydroxyl groups excluding tert-OH is 2. The van der Waals surface area contributed by atoms with Crippen molar-refractivity contribution in [1.29, 1.82) is 0 Å². The lowest BCUT2D eigenvalue weighted by Crippen LogP contribution is -2.75. The van der Waals surface area contributed by atoms with Gasteiger partial charge in [0.05, 0.1) is 12.2 Å². The maximum absolute atomic E-state index is 13.9. The summed E-state index contributed by atoms with van der Waals surface area (Å²) in [6, 6.07) is 13.9. The summed E-state index contributed by atoms with van der Waals surface area (Å²) in [6.07, 6.45) is 4.81. The summed E-state index contributed by atoms with van der Waals surface area (Å²) in [7, 11) is 1.59. The van der Waals surface area contributed by atoms with Crippen LogP contribution in [0.4, 0.5) is 0 Å². The van der Waals surface area contributed by atoms with Crippen LogP contribution in [0.2, 0.25) is 0 Å². The van der Waals surface area contributed by atoms with Crippen molar-refractivity contribution in [2.45, 2.75) is 88.6 Å². The molecule has 2 aliphatic heterocycles. The summed E-state index contributed by atoms with van der Waals surface area (Å²) in [4.78, 5) is 43.3. The van der Waals surface area contributed by atoms with Gasteiger partial charge in [0.25, 0.3) is 5.91 Å². The van der Waals surface area contributed by atoms with Gasteiger partial charge in [-0.2, -0.15) is 0 Å². The molecule has 44 heavy (non-hydrogen) atoms.